The van der Waals surface area contributed by atoms with Crippen LogP contribution in [0, 0.1) is 17.0 Å². The van der Waals surface area contributed by atoms with Crippen molar-refractivity contribution in [2.24, 2.45) is 0 Å². The normalized spacial score (nSPS) is 11.4. The molecule has 0 aliphatic rings. The summed E-state index contributed by atoms with van der Waals surface area (Å²) in [6.45, 7) is 1.85. The topological polar surface area (TPSA) is 123 Å². The highest BCUT2D eigenvalue weighted by molar-refractivity contribution is 7.92. The van der Waals surface area contributed by atoms with Crippen LogP contribution in [-0.2, 0) is 21.2 Å². The summed E-state index contributed by atoms with van der Waals surface area (Å²) in [4.78, 5) is 33.8. The molecule has 0 N–H and O–H groups in total. The van der Waals surface area contributed by atoms with E-state index in [1.165, 1.54) is 35.2 Å². The van der Waals surface area contributed by atoms with Crippen LogP contribution in [0.5, 0.6) is 0 Å². The molecule has 0 radical (unpaired) electrons. The molecule has 4 rings (SSSR count). The number of rotatable bonds is 7. The number of benzene rings is 2. The van der Waals surface area contributed by atoms with Gasteiger partial charge < -0.3 is 0 Å². The number of nitro groups is 1. The van der Waals surface area contributed by atoms with E-state index < -0.39 is 26.4 Å². The minimum Gasteiger partial charge on any atom is -0.281 e. The number of thiazole rings is 1. The molecule has 0 aliphatic carbocycles. The molecule has 168 valence electrons. The first-order chi connectivity index (χ1) is 15.7. The molecule has 2 aromatic carbocycles. The van der Waals surface area contributed by atoms with Crippen molar-refractivity contribution in [3.8, 4) is 0 Å². The molecule has 0 saturated heterocycles. The highest BCUT2D eigenvalue weighted by Crippen LogP contribution is 2.32. The number of hydrogen-bond acceptors (Lipinski definition) is 8. The molecular weight excluding hydrogens is 464 g/mol. The number of hydrogen-bond donors (Lipinski definition) is 0. The lowest BCUT2D eigenvalue weighted by molar-refractivity contribution is -0.384. The maximum absolute atomic E-state index is 13.2. The third kappa shape index (κ3) is 5.04. The van der Waals surface area contributed by atoms with Crippen LogP contribution in [0.2, 0.25) is 0 Å². The van der Waals surface area contributed by atoms with Gasteiger partial charge in [0.05, 0.1) is 32.3 Å². The van der Waals surface area contributed by atoms with Crippen molar-refractivity contribution in [3.05, 3.63) is 88.2 Å². The lowest BCUT2D eigenvalue weighted by atomic mass is 10.2. The number of non-ortho nitro benzene ring substituents is 1. The van der Waals surface area contributed by atoms with Gasteiger partial charge in [-0.3, -0.25) is 24.8 Å². The molecule has 4 aromatic rings. The Morgan fingerprint density at radius 1 is 1.12 bits per heavy atom. The van der Waals surface area contributed by atoms with Crippen molar-refractivity contribution in [3.63, 3.8) is 0 Å². The SMILES string of the molecule is Cc1ccc(S(=O)(=O)CC(=O)N(Cc2ccccn2)c2nc3ccc([N+](=O)[O-])cc3s2)cc1. The molecule has 11 heteroatoms. The number of carbonyl (C=O) groups is 1. The molecular formula is C22H18N4O5S2. The molecule has 0 unspecified atom stereocenters. The number of anilines is 1. The van der Waals surface area contributed by atoms with E-state index in [0.717, 1.165) is 16.9 Å². The van der Waals surface area contributed by atoms with E-state index in [-0.39, 0.29) is 22.3 Å². The summed E-state index contributed by atoms with van der Waals surface area (Å²) in [5.74, 6) is -1.42. The van der Waals surface area contributed by atoms with Gasteiger partial charge in [-0.1, -0.05) is 35.1 Å². The van der Waals surface area contributed by atoms with E-state index in [1.54, 1.807) is 36.5 Å². The van der Waals surface area contributed by atoms with Crippen molar-refractivity contribution in [2.45, 2.75) is 18.4 Å². The summed E-state index contributed by atoms with van der Waals surface area (Å²) in [7, 11) is -3.89. The number of aryl methyl sites for hydroxylation is 1. The van der Waals surface area contributed by atoms with Gasteiger partial charge >= 0.3 is 0 Å². The van der Waals surface area contributed by atoms with Crippen molar-refractivity contribution in [1.82, 2.24) is 9.97 Å². The molecule has 0 fully saturated rings. The van der Waals surface area contributed by atoms with Crippen LogP contribution >= 0.6 is 11.3 Å². The predicted octanol–water partition coefficient (Wildman–Crippen LogP) is 3.92. The zero-order valence-electron chi connectivity index (χ0n) is 17.4. The van der Waals surface area contributed by atoms with Crippen LogP contribution in [0.15, 0.2) is 71.8 Å². The summed E-state index contributed by atoms with van der Waals surface area (Å²) < 4.78 is 26.3. The van der Waals surface area contributed by atoms with Gasteiger partial charge in [0.15, 0.2) is 15.0 Å². The Bertz CT molecular complexity index is 1430. The highest BCUT2D eigenvalue weighted by atomic mass is 32.2. The highest BCUT2D eigenvalue weighted by Gasteiger charge is 2.27. The lowest BCUT2D eigenvalue weighted by Gasteiger charge is -2.19. The van der Waals surface area contributed by atoms with Gasteiger partial charge in [0, 0.05) is 18.3 Å². The molecule has 0 bridgehead atoms. The lowest BCUT2D eigenvalue weighted by Crippen LogP contribution is -2.35. The van der Waals surface area contributed by atoms with E-state index in [2.05, 4.69) is 9.97 Å². The van der Waals surface area contributed by atoms with Crippen molar-refractivity contribution >= 4 is 48.1 Å². The Kier molecular flexibility index (Phi) is 6.16. The number of aromatic nitrogens is 2. The number of sulfone groups is 1. The fourth-order valence-corrected chi connectivity index (χ4v) is 5.33. The summed E-state index contributed by atoms with van der Waals surface area (Å²) in [6, 6.07) is 15.7. The van der Waals surface area contributed by atoms with E-state index in [9.17, 15) is 23.3 Å². The molecule has 0 spiro atoms. The maximum atomic E-state index is 13.2. The average molecular weight is 483 g/mol. The van der Waals surface area contributed by atoms with Crippen molar-refractivity contribution < 1.29 is 18.1 Å². The molecule has 1 amide bonds. The summed E-state index contributed by atoms with van der Waals surface area (Å²) in [5.41, 5.74) is 1.83. The van der Waals surface area contributed by atoms with Gasteiger partial charge in [-0.25, -0.2) is 13.4 Å². The quantitative estimate of drug-likeness (QED) is 0.289. The van der Waals surface area contributed by atoms with Crippen molar-refractivity contribution in [2.75, 3.05) is 10.7 Å². The van der Waals surface area contributed by atoms with Gasteiger partial charge in [0.25, 0.3) is 5.69 Å². The Balaban J connectivity index is 1.70. The fraction of sp³-hybridized carbons (Fsp3) is 0.136. The maximum Gasteiger partial charge on any atom is 0.270 e. The van der Waals surface area contributed by atoms with Crippen LogP contribution in [0.3, 0.4) is 0 Å². The number of amides is 1. The van der Waals surface area contributed by atoms with Gasteiger partial charge in [-0.2, -0.15) is 0 Å². The third-order valence-corrected chi connectivity index (χ3v) is 7.50. The summed E-state index contributed by atoms with van der Waals surface area (Å²) >= 11 is 1.08. The molecule has 0 saturated carbocycles. The van der Waals surface area contributed by atoms with E-state index >= 15 is 0 Å². The Morgan fingerprint density at radius 3 is 2.55 bits per heavy atom. The molecule has 33 heavy (non-hydrogen) atoms. The van der Waals surface area contributed by atoms with Crippen LogP contribution in [-0.4, -0.2) is 35.0 Å². The minimum absolute atomic E-state index is 0.00497. The largest absolute Gasteiger partial charge is 0.281 e. The standard InChI is InChI=1S/C22H18N4O5S2/c1-15-5-8-18(9-6-15)33(30,31)14-21(27)25(13-16-4-2-3-11-23-16)22-24-19-10-7-17(26(28)29)12-20(19)32-22/h2-12H,13-14H2,1H3. The smallest absolute Gasteiger partial charge is 0.270 e. The number of carbonyl (C=O) groups excluding carboxylic acids is 1. The Morgan fingerprint density at radius 2 is 1.88 bits per heavy atom. The van der Waals surface area contributed by atoms with Gasteiger partial charge in [0.1, 0.15) is 5.75 Å². The predicted molar refractivity (Wildman–Crippen MR) is 125 cm³/mol. The van der Waals surface area contributed by atoms with Gasteiger partial charge in [-0.05, 0) is 37.3 Å². The number of nitro benzene ring substituents is 1. The third-order valence-electron chi connectivity index (χ3n) is 4.84. The second kappa shape index (κ2) is 9.04. The molecule has 9 nitrogen and oxygen atoms in total. The van der Waals surface area contributed by atoms with Crippen LogP contribution < -0.4 is 4.90 Å². The summed E-state index contributed by atoms with van der Waals surface area (Å²) in [5, 5.41) is 11.3. The van der Waals surface area contributed by atoms with Crippen LogP contribution in [0.4, 0.5) is 10.8 Å². The Hall–Kier alpha value is -3.70. The van der Waals surface area contributed by atoms with Gasteiger partial charge in [-0.15, -0.1) is 0 Å². The van der Waals surface area contributed by atoms with Crippen LogP contribution in [0.1, 0.15) is 11.3 Å². The van der Waals surface area contributed by atoms with E-state index in [0.29, 0.717) is 15.9 Å². The molecule has 2 aromatic heterocycles. The first-order valence-corrected chi connectivity index (χ1v) is 12.2. The zero-order valence-corrected chi connectivity index (χ0v) is 19.0. The molecule has 0 atom stereocenters. The number of nitrogens with zero attached hydrogens (tertiary/aromatic N) is 4. The average Bonchev–Trinajstić information content (AvgIpc) is 3.21. The first kappa shape index (κ1) is 22.5. The second-order valence-corrected chi connectivity index (χ2v) is 10.3. The summed E-state index contributed by atoms with van der Waals surface area (Å²) in [6.07, 6.45) is 1.57. The van der Waals surface area contributed by atoms with E-state index in [4.69, 9.17) is 0 Å². The fourth-order valence-electron chi connectivity index (χ4n) is 3.12. The zero-order chi connectivity index (χ0) is 23.6. The van der Waals surface area contributed by atoms with Gasteiger partial charge in [0.2, 0.25) is 5.91 Å². The first-order valence-electron chi connectivity index (χ1n) is 9.77. The van der Waals surface area contributed by atoms with Crippen LogP contribution in [0.25, 0.3) is 10.2 Å². The van der Waals surface area contributed by atoms with E-state index in [1.807, 2.05) is 6.92 Å². The number of pyridine rings is 1. The minimum atomic E-state index is -3.89. The Labute approximate surface area is 193 Å². The second-order valence-electron chi connectivity index (χ2n) is 7.28. The van der Waals surface area contributed by atoms with Crippen molar-refractivity contribution in [1.29, 1.82) is 0 Å². The molecule has 0 aliphatic heterocycles. The molecule has 2 heterocycles. The monoisotopic (exact) mass is 482 g/mol. The number of fused-ring (bicyclic) bond motifs is 1.